The first-order valence-electron chi connectivity index (χ1n) is 5.14. The maximum Gasteiger partial charge on any atom is 2.00 e. The molecule has 0 spiro atoms. The largest absolute Gasteiger partial charge is 2.00 e. The Labute approximate surface area is 131 Å². The molecule has 0 bridgehead atoms. The van der Waals surface area contributed by atoms with Crippen molar-refractivity contribution in [2.45, 2.75) is 33.1 Å². The van der Waals surface area contributed by atoms with Gasteiger partial charge in [-0.25, -0.2) is 0 Å². The van der Waals surface area contributed by atoms with E-state index in [4.69, 9.17) is 15.0 Å². The number of phenols is 1. The van der Waals surface area contributed by atoms with Gasteiger partial charge in [-0.05, 0) is 37.0 Å². The third-order valence-corrected chi connectivity index (χ3v) is 2.12. The van der Waals surface area contributed by atoms with E-state index >= 15 is 0 Å². The first-order chi connectivity index (χ1) is 7.49. The summed E-state index contributed by atoms with van der Waals surface area (Å²) in [4.78, 5) is 8.33. The van der Waals surface area contributed by atoms with Crippen molar-refractivity contribution in [1.29, 1.82) is 0 Å². The van der Waals surface area contributed by atoms with Crippen LogP contribution < -0.4 is 10.2 Å². The summed E-state index contributed by atoms with van der Waals surface area (Å²) in [5.74, 6) is 0.478. The number of hydrogen-bond donors (Lipinski definition) is 1. The third kappa shape index (κ3) is 9.27. The molecule has 0 aliphatic rings. The Morgan fingerprint density at radius 2 is 1.88 bits per heavy atom. The number of phenolic OH excluding ortho intramolecular Hbond substituents is 1. The smallest absolute Gasteiger partial charge is 0.652 e. The second-order valence-corrected chi connectivity index (χ2v) is 3.44. The van der Waals surface area contributed by atoms with E-state index < -0.39 is 6.16 Å². The number of aromatic hydroxyl groups is 1. The van der Waals surface area contributed by atoms with Crippen LogP contribution in [-0.4, -0.2) is 49.0 Å². The van der Waals surface area contributed by atoms with Crippen molar-refractivity contribution >= 4 is 43.9 Å². The van der Waals surface area contributed by atoms with Gasteiger partial charge in [0.1, 0.15) is 5.75 Å². The summed E-state index contributed by atoms with van der Waals surface area (Å²) >= 11 is 0. The van der Waals surface area contributed by atoms with Crippen LogP contribution >= 0.6 is 0 Å². The summed E-state index contributed by atoms with van der Waals surface area (Å²) in [6, 6.07) is 5.93. The van der Waals surface area contributed by atoms with E-state index in [-0.39, 0.29) is 37.7 Å². The zero-order valence-electron chi connectivity index (χ0n) is 10.2. The number of unbranched alkanes of at least 4 members (excludes halogenated alkanes) is 1. The predicted octanol–water partition coefficient (Wildman–Crippen LogP) is 0.215. The van der Waals surface area contributed by atoms with Crippen molar-refractivity contribution in [2.24, 2.45) is 0 Å². The number of hydrogen-bond acceptors (Lipinski definition) is 4. The van der Waals surface area contributed by atoms with E-state index in [1.807, 2.05) is 25.1 Å². The summed E-state index contributed by atoms with van der Waals surface area (Å²) in [7, 11) is 0. The number of carboxylic acid groups (broad SMARTS) is 2. The Bertz CT molecular complexity index is 335. The van der Waals surface area contributed by atoms with Crippen LogP contribution in [0.4, 0.5) is 4.79 Å². The number of para-hydroxylation sites is 1. The van der Waals surface area contributed by atoms with Crippen LogP contribution in [0.25, 0.3) is 0 Å². The van der Waals surface area contributed by atoms with Gasteiger partial charge in [0.15, 0.2) is 0 Å². The molecule has 17 heavy (non-hydrogen) atoms. The van der Waals surface area contributed by atoms with Crippen LogP contribution in [0.15, 0.2) is 18.2 Å². The summed E-state index contributed by atoms with van der Waals surface area (Å²) in [5, 5.41) is 26.3. The van der Waals surface area contributed by atoms with Crippen molar-refractivity contribution in [3.05, 3.63) is 29.3 Å². The van der Waals surface area contributed by atoms with E-state index in [0.29, 0.717) is 5.75 Å². The zero-order chi connectivity index (χ0) is 12.6. The van der Waals surface area contributed by atoms with Gasteiger partial charge >= 0.3 is 37.7 Å². The van der Waals surface area contributed by atoms with Gasteiger partial charge in [-0.2, -0.15) is 0 Å². The number of benzene rings is 1. The molecule has 0 saturated heterocycles. The summed E-state index contributed by atoms with van der Waals surface area (Å²) in [6.45, 7) is 4.09. The van der Waals surface area contributed by atoms with Gasteiger partial charge in [0.05, 0.1) is 0 Å². The molecule has 0 saturated carbocycles. The van der Waals surface area contributed by atoms with Crippen LogP contribution in [0.5, 0.6) is 5.75 Å². The van der Waals surface area contributed by atoms with Gasteiger partial charge in [-0.15, -0.1) is 0 Å². The van der Waals surface area contributed by atoms with Crippen LogP contribution in [0.1, 0.15) is 30.9 Å². The average Bonchev–Trinajstić information content (AvgIpc) is 2.19. The zero-order valence-corrected chi connectivity index (χ0v) is 12.4. The normalized spacial score (nSPS) is 8.59. The Morgan fingerprint density at radius 1 is 1.35 bits per heavy atom. The molecule has 0 radical (unpaired) electrons. The Balaban J connectivity index is 0. The van der Waals surface area contributed by atoms with Gasteiger partial charge < -0.3 is 20.1 Å². The van der Waals surface area contributed by atoms with Crippen LogP contribution in [0.3, 0.4) is 0 Å². The molecule has 90 valence electrons. The quantitative estimate of drug-likeness (QED) is 0.791. The second-order valence-electron chi connectivity index (χ2n) is 3.44. The first kappa shape index (κ1) is 18.9. The molecular weight excluding hydrogens is 248 g/mol. The fraction of sp³-hybridized carbons (Fsp3) is 0.417. The minimum Gasteiger partial charge on any atom is -0.652 e. The van der Waals surface area contributed by atoms with Crippen LogP contribution in [-0.2, 0) is 6.42 Å². The van der Waals surface area contributed by atoms with E-state index in [1.165, 1.54) is 6.42 Å². The molecule has 0 aromatic heterocycles. The van der Waals surface area contributed by atoms with Gasteiger partial charge in [-0.3, -0.25) is 0 Å². The van der Waals surface area contributed by atoms with Crippen LogP contribution in [0.2, 0.25) is 0 Å². The summed E-state index contributed by atoms with van der Waals surface area (Å²) in [6.07, 6.45) is 0.981. The van der Waals surface area contributed by atoms with Gasteiger partial charge in [0, 0.05) is 0 Å². The average molecular weight is 264 g/mol. The fourth-order valence-corrected chi connectivity index (χ4v) is 1.29. The maximum atomic E-state index is 9.62. The molecule has 4 nitrogen and oxygen atoms in total. The SMILES string of the molecule is CCCCc1cccc(C)c1O.O=C([O-])[O-].[Ca+2]. The molecule has 0 atom stereocenters. The molecule has 0 unspecified atom stereocenters. The van der Waals surface area contributed by atoms with Crippen molar-refractivity contribution < 1.29 is 20.1 Å². The van der Waals surface area contributed by atoms with Crippen molar-refractivity contribution in [3.8, 4) is 5.75 Å². The summed E-state index contributed by atoms with van der Waals surface area (Å²) in [5.41, 5.74) is 2.06. The Hall–Kier alpha value is -0.450. The van der Waals surface area contributed by atoms with Gasteiger partial charge in [-0.1, -0.05) is 31.5 Å². The fourth-order valence-electron chi connectivity index (χ4n) is 1.29. The van der Waals surface area contributed by atoms with Gasteiger partial charge in [0.25, 0.3) is 0 Å². The predicted molar refractivity (Wildman–Crippen MR) is 62.6 cm³/mol. The molecule has 0 aliphatic heterocycles. The van der Waals surface area contributed by atoms with E-state index in [9.17, 15) is 5.11 Å². The molecule has 1 rings (SSSR count). The van der Waals surface area contributed by atoms with Crippen LogP contribution in [0, 0.1) is 6.92 Å². The minimum atomic E-state index is -2.33. The number of aryl methyl sites for hydroxylation is 2. The molecule has 1 aromatic rings. The van der Waals surface area contributed by atoms with Crippen molar-refractivity contribution in [1.82, 2.24) is 0 Å². The Kier molecular flexibility index (Phi) is 11.9. The van der Waals surface area contributed by atoms with Gasteiger partial charge in [0.2, 0.25) is 0 Å². The number of carbonyl (C=O) groups excluding carboxylic acids is 1. The van der Waals surface area contributed by atoms with E-state index in [0.717, 1.165) is 24.0 Å². The molecule has 1 aromatic carbocycles. The maximum absolute atomic E-state index is 9.62. The minimum absolute atomic E-state index is 0. The molecular formula is C12H16CaO4. The third-order valence-electron chi connectivity index (χ3n) is 2.12. The van der Waals surface area contributed by atoms with Crippen molar-refractivity contribution in [2.75, 3.05) is 0 Å². The molecule has 0 aliphatic carbocycles. The monoisotopic (exact) mass is 264 g/mol. The second kappa shape index (κ2) is 10.7. The standard InChI is InChI=1S/C11H16O.CH2O3.Ca/c1-3-4-7-10-8-5-6-9(2)11(10)12;2-1(3)4;/h5-6,8,12H,3-4,7H2,1-2H3;(H2,2,3,4);/q;;+2/p-2. The van der Waals surface area contributed by atoms with Crippen molar-refractivity contribution in [3.63, 3.8) is 0 Å². The molecule has 0 amide bonds. The first-order valence-corrected chi connectivity index (χ1v) is 5.14. The molecule has 5 heteroatoms. The number of rotatable bonds is 3. The summed E-state index contributed by atoms with van der Waals surface area (Å²) < 4.78 is 0. The number of carbonyl (C=O) groups is 1. The Morgan fingerprint density at radius 3 is 2.35 bits per heavy atom. The van der Waals surface area contributed by atoms with E-state index in [2.05, 4.69) is 6.92 Å². The van der Waals surface area contributed by atoms with E-state index in [1.54, 1.807) is 0 Å². The molecule has 1 N–H and O–H groups in total. The molecule has 0 heterocycles. The topological polar surface area (TPSA) is 83.4 Å². The molecule has 0 fully saturated rings.